The first-order chi connectivity index (χ1) is 16.0. The van der Waals surface area contributed by atoms with Crippen molar-refractivity contribution in [1.82, 2.24) is 19.8 Å². The molecule has 4 heterocycles. The molecule has 172 valence electrons. The van der Waals surface area contributed by atoms with Crippen LogP contribution in [0.1, 0.15) is 46.9 Å². The third-order valence-corrected chi connectivity index (χ3v) is 6.80. The van der Waals surface area contributed by atoms with Crippen LogP contribution in [-0.4, -0.2) is 82.8 Å². The van der Waals surface area contributed by atoms with E-state index in [4.69, 9.17) is 0 Å². The summed E-state index contributed by atoms with van der Waals surface area (Å²) in [6, 6.07) is 7.90. The Kier molecular flexibility index (Phi) is 5.70. The highest BCUT2D eigenvalue weighted by Gasteiger charge is 2.42. The topological polar surface area (TPSA) is 90.0 Å². The average Bonchev–Trinajstić information content (AvgIpc) is 3.14. The highest BCUT2D eigenvalue weighted by Crippen LogP contribution is 2.26. The molecule has 1 aromatic heterocycles. The fourth-order valence-electron chi connectivity index (χ4n) is 4.90. The summed E-state index contributed by atoms with van der Waals surface area (Å²) in [5.74, 6) is 0.812. The summed E-state index contributed by atoms with van der Waals surface area (Å²) < 4.78 is 0. The van der Waals surface area contributed by atoms with E-state index < -0.39 is 17.9 Å². The monoisotopic (exact) mass is 448 g/mol. The zero-order valence-electron chi connectivity index (χ0n) is 18.8. The van der Waals surface area contributed by atoms with E-state index in [0.29, 0.717) is 37.3 Å². The van der Waals surface area contributed by atoms with Crippen LogP contribution in [0.2, 0.25) is 0 Å². The van der Waals surface area contributed by atoms with Crippen molar-refractivity contribution in [1.29, 1.82) is 0 Å². The van der Waals surface area contributed by atoms with Crippen LogP contribution in [0.15, 0.2) is 36.7 Å². The minimum atomic E-state index is -0.839. The Balaban J connectivity index is 1.22. The lowest BCUT2D eigenvalue weighted by Gasteiger charge is -2.37. The van der Waals surface area contributed by atoms with Gasteiger partial charge in [0.1, 0.15) is 24.0 Å². The van der Waals surface area contributed by atoms with E-state index in [-0.39, 0.29) is 5.91 Å². The Labute approximate surface area is 193 Å². The molecule has 3 aliphatic heterocycles. The van der Waals surface area contributed by atoms with Crippen molar-refractivity contribution in [3.63, 3.8) is 0 Å². The molecular formula is C24H28N6O3. The second kappa shape index (κ2) is 8.80. The zero-order valence-corrected chi connectivity index (χ0v) is 18.8. The lowest BCUT2D eigenvalue weighted by atomic mass is 10.1. The molecule has 3 amide bonds. The molecule has 1 atom stereocenters. The highest BCUT2D eigenvalue weighted by atomic mass is 16.2. The molecule has 0 radical (unpaired) electrons. The smallest absolute Gasteiger partial charge is 0.262 e. The van der Waals surface area contributed by atoms with E-state index >= 15 is 0 Å². The van der Waals surface area contributed by atoms with Crippen LogP contribution in [0.25, 0.3) is 0 Å². The molecule has 0 bridgehead atoms. The fourth-order valence-corrected chi connectivity index (χ4v) is 4.90. The zero-order chi connectivity index (χ0) is 22.9. The maximum atomic E-state index is 13.2. The van der Waals surface area contributed by atoms with Gasteiger partial charge in [-0.25, -0.2) is 9.97 Å². The van der Waals surface area contributed by atoms with Crippen LogP contribution < -0.4 is 9.80 Å². The minimum absolute atomic E-state index is 0.208. The number of hydrogen-bond acceptors (Lipinski definition) is 7. The Morgan fingerprint density at radius 2 is 1.36 bits per heavy atom. The molecule has 0 N–H and O–H groups in total. The van der Waals surface area contributed by atoms with Crippen molar-refractivity contribution < 1.29 is 14.4 Å². The van der Waals surface area contributed by atoms with E-state index in [1.807, 2.05) is 6.07 Å². The predicted octanol–water partition coefficient (Wildman–Crippen LogP) is 1.80. The van der Waals surface area contributed by atoms with Gasteiger partial charge in [0.2, 0.25) is 5.91 Å². The van der Waals surface area contributed by atoms with Gasteiger partial charge in [-0.3, -0.25) is 19.3 Å². The number of nitrogens with zero attached hydrogens (tertiary/aromatic N) is 6. The molecule has 0 aliphatic carbocycles. The molecule has 33 heavy (non-hydrogen) atoms. The Hall–Kier alpha value is -3.49. The Morgan fingerprint density at radius 1 is 0.818 bits per heavy atom. The number of piperazine rings is 1. The lowest BCUT2D eigenvalue weighted by molar-refractivity contribution is -0.135. The fraction of sp³-hybridized carbons (Fsp3) is 0.458. The van der Waals surface area contributed by atoms with Crippen LogP contribution in [0.5, 0.6) is 0 Å². The maximum Gasteiger partial charge on any atom is 0.262 e. The molecule has 5 rings (SSSR count). The standard InChI is InChI=1S/C24H28N6O3/c1-17(30-23(32)18-7-3-4-8-19(18)24(30)33)22(31)29-13-11-28(12-14-29)21-15-20(25-16-26-21)27-9-5-2-6-10-27/h3-4,7-8,15-17H,2,5-6,9-14H2,1H3. The number of piperidine rings is 1. The molecule has 9 nitrogen and oxygen atoms in total. The first-order valence-corrected chi connectivity index (χ1v) is 11.6. The summed E-state index contributed by atoms with van der Waals surface area (Å²) in [6.45, 7) is 5.97. The third-order valence-electron chi connectivity index (χ3n) is 6.80. The van der Waals surface area contributed by atoms with Crippen molar-refractivity contribution in [3.05, 3.63) is 47.8 Å². The van der Waals surface area contributed by atoms with Gasteiger partial charge in [-0.1, -0.05) is 12.1 Å². The van der Waals surface area contributed by atoms with Gasteiger partial charge in [0.15, 0.2) is 0 Å². The summed E-state index contributed by atoms with van der Waals surface area (Å²) in [5, 5.41) is 0. The van der Waals surface area contributed by atoms with E-state index in [1.165, 1.54) is 19.3 Å². The summed E-state index contributed by atoms with van der Waals surface area (Å²) in [4.78, 5) is 54.8. The van der Waals surface area contributed by atoms with E-state index in [0.717, 1.165) is 29.6 Å². The van der Waals surface area contributed by atoms with Gasteiger partial charge >= 0.3 is 0 Å². The minimum Gasteiger partial charge on any atom is -0.356 e. The SMILES string of the molecule is CC(C(=O)N1CCN(c2cc(N3CCCCC3)ncn2)CC1)N1C(=O)c2ccccc2C1=O. The number of imide groups is 1. The number of fused-ring (bicyclic) bond motifs is 1. The van der Waals surface area contributed by atoms with Crippen molar-refractivity contribution in [2.75, 3.05) is 49.1 Å². The molecule has 0 saturated carbocycles. The second-order valence-electron chi connectivity index (χ2n) is 8.80. The quantitative estimate of drug-likeness (QED) is 0.659. The lowest BCUT2D eigenvalue weighted by Crippen LogP contribution is -2.55. The van der Waals surface area contributed by atoms with Crippen LogP contribution in [-0.2, 0) is 4.79 Å². The van der Waals surface area contributed by atoms with E-state index in [9.17, 15) is 14.4 Å². The van der Waals surface area contributed by atoms with Crippen molar-refractivity contribution in [2.45, 2.75) is 32.2 Å². The van der Waals surface area contributed by atoms with Gasteiger partial charge in [-0.15, -0.1) is 0 Å². The van der Waals surface area contributed by atoms with Gasteiger partial charge < -0.3 is 14.7 Å². The molecular weight excluding hydrogens is 420 g/mol. The van der Waals surface area contributed by atoms with Crippen molar-refractivity contribution in [2.24, 2.45) is 0 Å². The molecule has 1 aromatic carbocycles. The molecule has 9 heteroatoms. The predicted molar refractivity (Wildman–Crippen MR) is 123 cm³/mol. The Morgan fingerprint density at radius 3 is 1.94 bits per heavy atom. The first kappa shape index (κ1) is 21.4. The van der Waals surface area contributed by atoms with Crippen LogP contribution >= 0.6 is 0 Å². The van der Waals surface area contributed by atoms with Gasteiger partial charge in [0.05, 0.1) is 11.1 Å². The van der Waals surface area contributed by atoms with Crippen LogP contribution in [0, 0.1) is 0 Å². The number of aromatic nitrogens is 2. The number of hydrogen-bond donors (Lipinski definition) is 0. The number of amides is 3. The van der Waals surface area contributed by atoms with E-state index in [2.05, 4.69) is 19.8 Å². The van der Waals surface area contributed by atoms with Crippen molar-refractivity contribution in [3.8, 4) is 0 Å². The number of carbonyl (C=O) groups is 3. The van der Waals surface area contributed by atoms with Gasteiger partial charge in [0, 0.05) is 45.3 Å². The molecule has 3 aliphatic rings. The summed E-state index contributed by atoms with van der Waals surface area (Å²) in [6.07, 6.45) is 5.25. The summed E-state index contributed by atoms with van der Waals surface area (Å²) in [7, 11) is 0. The molecule has 2 saturated heterocycles. The first-order valence-electron chi connectivity index (χ1n) is 11.6. The highest BCUT2D eigenvalue weighted by molar-refractivity contribution is 6.22. The number of carbonyl (C=O) groups excluding carboxylic acids is 3. The van der Waals surface area contributed by atoms with Gasteiger partial charge in [0.25, 0.3) is 11.8 Å². The number of anilines is 2. The average molecular weight is 449 g/mol. The second-order valence-corrected chi connectivity index (χ2v) is 8.80. The third kappa shape index (κ3) is 3.92. The Bertz CT molecular complexity index is 1040. The van der Waals surface area contributed by atoms with Crippen LogP contribution in [0.3, 0.4) is 0 Å². The van der Waals surface area contributed by atoms with Gasteiger partial charge in [-0.2, -0.15) is 0 Å². The number of benzene rings is 1. The van der Waals surface area contributed by atoms with Crippen LogP contribution in [0.4, 0.5) is 11.6 Å². The molecule has 0 spiro atoms. The van der Waals surface area contributed by atoms with E-state index in [1.54, 1.807) is 42.4 Å². The largest absolute Gasteiger partial charge is 0.356 e. The molecule has 2 fully saturated rings. The summed E-state index contributed by atoms with van der Waals surface area (Å²) >= 11 is 0. The maximum absolute atomic E-state index is 13.2. The normalized spacial score (nSPS) is 19.7. The molecule has 2 aromatic rings. The molecule has 1 unspecified atom stereocenters. The van der Waals surface area contributed by atoms with Gasteiger partial charge in [-0.05, 0) is 38.3 Å². The summed E-state index contributed by atoms with van der Waals surface area (Å²) in [5.41, 5.74) is 0.723. The van der Waals surface area contributed by atoms with Crippen molar-refractivity contribution >= 4 is 29.4 Å². The number of rotatable bonds is 4.